The Morgan fingerprint density at radius 2 is 1.58 bits per heavy atom. The van der Waals surface area contributed by atoms with Gasteiger partial charge in [-0.2, -0.15) is 0 Å². The van der Waals surface area contributed by atoms with Crippen LogP contribution in [0.3, 0.4) is 0 Å². The number of nitrogens with zero attached hydrogens (tertiary/aromatic N) is 1. The molecule has 8 heteroatoms. The summed E-state index contributed by atoms with van der Waals surface area (Å²) in [4.78, 5) is 49.5. The van der Waals surface area contributed by atoms with Gasteiger partial charge in [0.25, 0.3) is 5.91 Å². The molecular weight excluding hydrogens is 464 g/mol. The van der Waals surface area contributed by atoms with Gasteiger partial charge in [-0.3, -0.25) is 19.2 Å². The van der Waals surface area contributed by atoms with Crippen LogP contribution in [-0.4, -0.2) is 48.7 Å². The van der Waals surface area contributed by atoms with E-state index in [1.807, 2.05) is 32.0 Å². The van der Waals surface area contributed by atoms with Gasteiger partial charge < -0.3 is 15.0 Å². The number of Topliss-reactive ketones (excluding diaryl/α,β-unsaturated/α-hetero) is 1. The van der Waals surface area contributed by atoms with Crippen LogP contribution in [0.2, 0.25) is 0 Å². The Kier molecular flexibility index (Phi) is 8.93. The van der Waals surface area contributed by atoms with Crippen LogP contribution in [0.5, 0.6) is 0 Å². The summed E-state index contributed by atoms with van der Waals surface area (Å²) in [6.07, 6.45) is -0.137. The third-order valence-electron chi connectivity index (χ3n) is 4.63. The maximum Gasteiger partial charge on any atom is 0.306 e. The number of hydrogen-bond donors (Lipinski definition) is 1. The highest BCUT2D eigenvalue weighted by molar-refractivity contribution is 9.10. The number of likely N-dealkylation sites (N-methyl/N-ethyl adjacent to an activating group) is 1. The Morgan fingerprint density at radius 1 is 0.968 bits per heavy atom. The average molecular weight is 489 g/mol. The molecule has 2 amide bonds. The highest BCUT2D eigenvalue weighted by atomic mass is 79.9. The molecule has 0 fully saturated rings. The topological polar surface area (TPSA) is 92.8 Å². The fourth-order valence-electron chi connectivity index (χ4n) is 2.81. The monoisotopic (exact) mass is 488 g/mol. The molecule has 0 saturated carbocycles. The summed E-state index contributed by atoms with van der Waals surface area (Å²) in [5.74, 6) is -1.69. The quantitative estimate of drug-likeness (QED) is 0.429. The van der Waals surface area contributed by atoms with E-state index in [0.717, 1.165) is 21.3 Å². The zero-order valence-electron chi connectivity index (χ0n) is 17.7. The van der Waals surface area contributed by atoms with Crippen LogP contribution in [0.1, 0.15) is 34.3 Å². The minimum Gasteiger partial charge on any atom is -0.456 e. The second-order valence-electron chi connectivity index (χ2n) is 7.16. The molecule has 0 aliphatic heterocycles. The first kappa shape index (κ1) is 24.3. The van der Waals surface area contributed by atoms with Gasteiger partial charge in [0.2, 0.25) is 5.91 Å². The fourth-order valence-corrected chi connectivity index (χ4v) is 3.08. The maximum absolute atomic E-state index is 12.2. The van der Waals surface area contributed by atoms with Crippen molar-refractivity contribution in [2.75, 3.05) is 25.5 Å². The fraction of sp³-hybridized carbons (Fsp3) is 0.304. The van der Waals surface area contributed by atoms with E-state index in [0.29, 0.717) is 5.56 Å². The van der Waals surface area contributed by atoms with Crippen LogP contribution < -0.4 is 5.32 Å². The normalized spacial score (nSPS) is 10.3. The third-order valence-corrected chi connectivity index (χ3v) is 5.16. The number of nitrogens with one attached hydrogen (secondary N) is 1. The molecule has 0 atom stereocenters. The van der Waals surface area contributed by atoms with E-state index in [1.165, 1.54) is 11.9 Å². The molecule has 1 N–H and O–H groups in total. The van der Waals surface area contributed by atoms with Crippen LogP contribution >= 0.6 is 15.9 Å². The molecule has 7 nitrogen and oxygen atoms in total. The first-order valence-electron chi connectivity index (χ1n) is 9.71. The van der Waals surface area contributed by atoms with Gasteiger partial charge in [-0.15, -0.1) is 0 Å². The Balaban J connectivity index is 1.74. The number of anilines is 1. The molecule has 31 heavy (non-hydrogen) atoms. The van der Waals surface area contributed by atoms with Gasteiger partial charge in [0.1, 0.15) is 0 Å². The van der Waals surface area contributed by atoms with Crippen LogP contribution in [0, 0.1) is 13.8 Å². The summed E-state index contributed by atoms with van der Waals surface area (Å²) in [6, 6.07) is 12.5. The molecule has 2 rings (SSSR count). The van der Waals surface area contributed by atoms with E-state index >= 15 is 0 Å². The lowest BCUT2D eigenvalue weighted by molar-refractivity contribution is -0.151. The van der Waals surface area contributed by atoms with Crippen molar-refractivity contribution in [3.63, 3.8) is 0 Å². The number of amides is 2. The van der Waals surface area contributed by atoms with E-state index in [2.05, 4.69) is 21.2 Å². The predicted molar refractivity (Wildman–Crippen MR) is 121 cm³/mol. The molecular formula is C23H25BrN2O5. The van der Waals surface area contributed by atoms with E-state index in [4.69, 9.17) is 4.74 Å². The molecule has 0 aliphatic carbocycles. The van der Waals surface area contributed by atoms with Crippen molar-refractivity contribution in [1.29, 1.82) is 0 Å². The summed E-state index contributed by atoms with van der Waals surface area (Å²) in [7, 11) is 1.46. The standard InChI is InChI=1S/C23H25BrN2O5/c1-15-5-4-6-16(2)23(15)25-20(28)13-26(3)21(29)14-31-22(30)12-11-19(27)17-7-9-18(24)10-8-17/h4-10H,11-14H2,1-3H3,(H,25,28). The molecule has 164 valence electrons. The molecule has 0 aliphatic rings. The first-order valence-corrected chi connectivity index (χ1v) is 10.5. The number of halogens is 1. The lowest BCUT2D eigenvalue weighted by Gasteiger charge is -2.18. The zero-order valence-corrected chi connectivity index (χ0v) is 19.3. The van der Waals surface area contributed by atoms with E-state index in [1.54, 1.807) is 24.3 Å². The molecule has 0 unspecified atom stereocenters. The van der Waals surface area contributed by atoms with Crippen LogP contribution in [0.15, 0.2) is 46.9 Å². The number of ether oxygens (including phenoxy) is 1. The Labute approximate surface area is 189 Å². The van der Waals surface area contributed by atoms with Crippen LogP contribution in [-0.2, 0) is 19.1 Å². The molecule has 0 heterocycles. The number of benzene rings is 2. The van der Waals surface area contributed by atoms with Crippen molar-refractivity contribution in [2.24, 2.45) is 0 Å². The van der Waals surface area contributed by atoms with Crippen molar-refractivity contribution in [3.05, 3.63) is 63.6 Å². The van der Waals surface area contributed by atoms with Gasteiger partial charge in [0, 0.05) is 29.2 Å². The summed E-state index contributed by atoms with van der Waals surface area (Å²) in [5, 5.41) is 2.80. The molecule has 0 radical (unpaired) electrons. The number of hydrogen-bond acceptors (Lipinski definition) is 5. The zero-order chi connectivity index (χ0) is 23.0. The average Bonchev–Trinajstić information content (AvgIpc) is 2.73. The number of aryl methyl sites for hydroxylation is 2. The number of carbonyl (C=O) groups is 4. The van der Waals surface area contributed by atoms with Crippen molar-refractivity contribution in [1.82, 2.24) is 4.90 Å². The Bertz CT molecular complexity index is 952. The second kappa shape index (κ2) is 11.4. The summed E-state index contributed by atoms with van der Waals surface area (Å²) in [6.45, 7) is 3.11. The van der Waals surface area contributed by atoms with Gasteiger partial charge in [0.05, 0.1) is 13.0 Å². The smallest absolute Gasteiger partial charge is 0.306 e. The van der Waals surface area contributed by atoms with Crippen molar-refractivity contribution < 1.29 is 23.9 Å². The lowest BCUT2D eigenvalue weighted by Crippen LogP contribution is -2.37. The Morgan fingerprint density at radius 3 is 2.19 bits per heavy atom. The largest absolute Gasteiger partial charge is 0.456 e. The third kappa shape index (κ3) is 7.64. The number of para-hydroxylation sites is 1. The minimum atomic E-state index is -0.646. The molecule has 0 aromatic heterocycles. The number of carbonyl (C=O) groups excluding carboxylic acids is 4. The summed E-state index contributed by atoms with van der Waals surface area (Å²) < 4.78 is 5.80. The van der Waals surface area contributed by atoms with Crippen molar-refractivity contribution in [2.45, 2.75) is 26.7 Å². The number of rotatable bonds is 9. The van der Waals surface area contributed by atoms with Gasteiger partial charge in [-0.05, 0) is 37.1 Å². The Hall–Kier alpha value is -3.00. The van der Waals surface area contributed by atoms with E-state index in [9.17, 15) is 19.2 Å². The maximum atomic E-state index is 12.2. The van der Waals surface area contributed by atoms with Crippen molar-refractivity contribution in [3.8, 4) is 0 Å². The SMILES string of the molecule is Cc1cccc(C)c1NC(=O)CN(C)C(=O)COC(=O)CCC(=O)c1ccc(Br)cc1. The molecule has 0 saturated heterocycles. The second-order valence-corrected chi connectivity index (χ2v) is 8.07. The molecule has 0 bridgehead atoms. The summed E-state index contributed by atoms with van der Waals surface area (Å²) in [5.41, 5.74) is 3.07. The first-order chi connectivity index (χ1) is 14.7. The van der Waals surface area contributed by atoms with Gasteiger partial charge in [-0.1, -0.05) is 46.3 Å². The summed E-state index contributed by atoms with van der Waals surface area (Å²) >= 11 is 3.29. The lowest BCUT2D eigenvalue weighted by atomic mass is 10.1. The molecule has 2 aromatic rings. The molecule has 0 spiro atoms. The van der Waals surface area contributed by atoms with Crippen LogP contribution in [0.25, 0.3) is 0 Å². The van der Waals surface area contributed by atoms with Gasteiger partial charge in [0.15, 0.2) is 12.4 Å². The van der Waals surface area contributed by atoms with Crippen molar-refractivity contribution >= 4 is 45.2 Å². The van der Waals surface area contributed by atoms with Crippen LogP contribution in [0.4, 0.5) is 5.69 Å². The number of ketones is 1. The van der Waals surface area contributed by atoms with Gasteiger partial charge in [-0.25, -0.2) is 0 Å². The highest BCUT2D eigenvalue weighted by Crippen LogP contribution is 2.19. The minimum absolute atomic E-state index is 0.0112. The predicted octanol–water partition coefficient (Wildman–Crippen LogP) is 3.67. The van der Waals surface area contributed by atoms with Gasteiger partial charge >= 0.3 is 5.97 Å². The number of esters is 1. The molecule has 2 aromatic carbocycles. The highest BCUT2D eigenvalue weighted by Gasteiger charge is 2.17. The van der Waals surface area contributed by atoms with E-state index < -0.39 is 18.5 Å². The van der Waals surface area contributed by atoms with E-state index in [-0.39, 0.29) is 31.1 Å².